The van der Waals surface area contributed by atoms with Gasteiger partial charge >= 0.3 is 6.09 Å². The van der Waals surface area contributed by atoms with Crippen molar-refractivity contribution in [3.05, 3.63) is 59.7 Å². The van der Waals surface area contributed by atoms with E-state index < -0.39 is 27.2 Å². The molecule has 30 heavy (non-hydrogen) atoms. The number of sulfone groups is 1. The number of carbonyl (C=O) groups excluding carboxylic acids is 1. The van der Waals surface area contributed by atoms with Crippen LogP contribution in [0.4, 0.5) is 4.79 Å². The van der Waals surface area contributed by atoms with E-state index in [4.69, 9.17) is 14.7 Å². The van der Waals surface area contributed by atoms with Crippen molar-refractivity contribution in [2.75, 3.05) is 12.9 Å². The molecule has 0 fully saturated rings. The monoisotopic (exact) mass is 430 g/mol. The first-order valence-corrected chi connectivity index (χ1v) is 11.2. The first-order chi connectivity index (χ1) is 14.2. The van der Waals surface area contributed by atoms with Crippen molar-refractivity contribution in [3.63, 3.8) is 0 Å². The third-order valence-corrected chi connectivity index (χ3v) is 6.99. The molecule has 2 unspecified atom stereocenters. The van der Waals surface area contributed by atoms with Gasteiger partial charge in [-0.05, 0) is 42.7 Å². The molecular formula is C22H26N2O5S. The average Bonchev–Trinajstić information content (AvgIpc) is 2.72. The number of nitriles is 1. The van der Waals surface area contributed by atoms with E-state index in [1.165, 1.54) is 7.11 Å². The fourth-order valence-corrected chi connectivity index (χ4v) is 4.61. The van der Waals surface area contributed by atoms with Gasteiger partial charge in [0, 0.05) is 12.1 Å². The van der Waals surface area contributed by atoms with E-state index in [2.05, 4.69) is 5.32 Å². The maximum Gasteiger partial charge on any atom is 0.412 e. The van der Waals surface area contributed by atoms with Gasteiger partial charge in [-0.2, -0.15) is 5.26 Å². The molecule has 0 aliphatic carbocycles. The van der Waals surface area contributed by atoms with Crippen molar-refractivity contribution in [2.24, 2.45) is 5.92 Å². The normalized spacial score (nSPS) is 13.2. The first-order valence-electron chi connectivity index (χ1n) is 9.50. The summed E-state index contributed by atoms with van der Waals surface area (Å²) in [6, 6.07) is 14.4. The lowest BCUT2D eigenvalue weighted by molar-refractivity contribution is 0.193. The highest BCUT2D eigenvalue weighted by molar-refractivity contribution is 7.91. The second-order valence-corrected chi connectivity index (χ2v) is 9.64. The molecule has 0 heterocycles. The van der Waals surface area contributed by atoms with Crippen LogP contribution in [-0.2, 0) is 9.84 Å². The minimum Gasteiger partial charge on any atom is -0.497 e. The molecule has 0 radical (unpaired) electrons. The summed E-state index contributed by atoms with van der Waals surface area (Å²) in [6.07, 6.45) is -0.733. The van der Waals surface area contributed by atoms with Crippen LogP contribution in [0, 0.1) is 17.2 Å². The van der Waals surface area contributed by atoms with Gasteiger partial charge in [0.1, 0.15) is 11.5 Å². The number of carbonyl (C=O) groups is 1. The minimum atomic E-state index is -3.58. The highest BCUT2D eigenvalue weighted by Gasteiger charge is 2.29. The summed E-state index contributed by atoms with van der Waals surface area (Å²) in [7, 11) is -2.07. The lowest BCUT2D eigenvalue weighted by Crippen LogP contribution is -2.45. The number of amides is 1. The Morgan fingerprint density at radius 3 is 2.30 bits per heavy atom. The van der Waals surface area contributed by atoms with Crippen molar-refractivity contribution in [3.8, 4) is 17.6 Å². The summed E-state index contributed by atoms with van der Waals surface area (Å²) < 4.78 is 36.3. The third-order valence-electron chi connectivity index (χ3n) is 4.82. The standard InChI is InChI=1S/C22H26N2O5S/c1-15(2)21(24-22(25)29-20-7-5-6-19(12-20)28-4)14-30(26,27)16(3)18-10-8-17(13-23)9-11-18/h5-12,15-16,21H,14H2,1-4H3,(H,24,25). The van der Waals surface area contributed by atoms with Gasteiger partial charge < -0.3 is 14.8 Å². The molecule has 1 N–H and O–H groups in total. The smallest absolute Gasteiger partial charge is 0.412 e. The zero-order chi connectivity index (χ0) is 22.3. The summed E-state index contributed by atoms with van der Waals surface area (Å²) in [4.78, 5) is 12.3. The Balaban J connectivity index is 2.09. The van der Waals surface area contributed by atoms with Gasteiger partial charge in [-0.3, -0.25) is 0 Å². The van der Waals surface area contributed by atoms with Crippen LogP contribution in [0.25, 0.3) is 0 Å². The largest absolute Gasteiger partial charge is 0.497 e. The fourth-order valence-electron chi connectivity index (χ4n) is 2.78. The van der Waals surface area contributed by atoms with Gasteiger partial charge in [0.25, 0.3) is 0 Å². The lowest BCUT2D eigenvalue weighted by Gasteiger charge is -2.24. The topological polar surface area (TPSA) is 105 Å². The molecule has 1 amide bonds. The van der Waals surface area contributed by atoms with Crippen molar-refractivity contribution < 1.29 is 22.7 Å². The second kappa shape index (κ2) is 10.1. The number of methoxy groups -OCH3 is 1. The van der Waals surface area contributed by atoms with Crippen LogP contribution in [0.1, 0.15) is 37.1 Å². The predicted molar refractivity (Wildman–Crippen MR) is 114 cm³/mol. The quantitative estimate of drug-likeness (QED) is 0.682. The summed E-state index contributed by atoms with van der Waals surface area (Å²) in [5.74, 6) is 0.465. The van der Waals surface area contributed by atoms with E-state index in [0.29, 0.717) is 22.6 Å². The number of rotatable bonds is 8. The van der Waals surface area contributed by atoms with Crippen LogP contribution in [0.15, 0.2) is 48.5 Å². The Hall–Kier alpha value is -3.05. The number of hydrogen-bond donors (Lipinski definition) is 1. The van der Waals surface area contributed by atoms with Gasteiger partial charge in [0.2, 0.25) is 0 Å². The molecule has 2 aromatic carbocycles. The van der Waals surface area contributed by atoms with Gasteiger partial charge in [0.05, 0.1) is 29.7 Å². The molecule has 160 valence electrons. The van der Waals surface area contributed by atoms with Crippen molar-refractivity contribution in [2.45, 2.75) is 32.1 Å². The molecule has 7 nitrogen and oxygen atoms in total. The van der Waals surface area contributed by atoms with Crippen LogP contribution in [-0.4, -0.2) is 33.4 Å². The molecule has 0 saturated heterocycles. The molecule has 0 aliphatic rings. The fraction of sp³-hybridized carbons (Fsp3) is 0.364. The Bertz CT molecular complexity index is 1010. The van der Waals surface area contributed by atoms with Gasteiger partial charge in [-0.15, -0.1) is 0 Å². The van der Waals surface area contributed by atoms with Crippen molar-refractivity contribution in [1.29, 1.82) is 5.26 Å². The number of hydrogen-bond acceptors (Lipinski definition) is 6. The predicted octanol–water partition coefficient (Wildman–Crippen LogP) is 3.86. The Morgan fingerprint density at radius 1 is 1.10 bits per heavy atom. The molecule has 2 aromatic rings. The summed E-state index contributed by atoms with van der Waals surface area (Å²) in [5, 5.41) is 10.8. The molecule has 0 aromatic heterocycles. The highest BCUT2D eigenvalue weighted by atomic mass is 32.2. The zero-order valence-electron chi connectivity index (χ0n) is 17.5. The molecule has 0 bridgehead atoms. The van der Waals surface area contributed by atoms with Crippen LogP contribution in [0.2, 0.25) is 0 Å². The van der Waals surface area contributed by atoms with Crippen molar-refractivity contribution in [1.82, 2.24) is 5.32 Å². The molecular weight excluding hydrogens is 404 g/mol. The summed E-state index contributed by atoms with van der Waals surface area (Å²) in [6.45, 7) is 5.26. The van der Waals surface area contributed by atoms with E-state index in [0.717, 1.165) is 0 Å². The lowest BCUT2D eigenvalue weighted by atomic mass is 10.1. The van der Waals surface area contributed by atoms with Crippen LogP contribution < -0.4 is 14.8 Å². The number of nitrogens with one attached hydrogen (secondary N) is 1. The van der Waals surface area contributed by atoms with E-state index >= 15 is 0 Å². The Kier molecular flexibility index (Phi) is 7.84. The molecule has 0 saturated carbocycles. The number of ether oxygens (including phenoxy) is 2. The highest BCUT2D eigenvalue weighted by Crippen LogP contribution is 2.25. The first kappa shape index (κ1) is 23.2. The average molecular weight is 431 g/mol. The van der Waals surface area contributed by atoms with Gasteiger partial charge in [-0.25, -0.2) is 13.2 Å². The SMILES string of the molecule is COc1cccc(OC(=O)NC(CS(=O)(=O)C(C)c2ccc(C#N)cc2)C(C)C)c1. The molecule has 8 heteroatoms. The van der Waals surface area contributed by atoms with Gasteiger partial charge in [0.15, 0.2) is 9.84 Å². The number of nitrogens with zero attached hydrogens (tertiary/aromatic N) is 1. The Morgan fingerprint density at radius 2 is 1.73 bits per heavy atom. The van der Waals surface area contributed by atoms with E-state index in [1.54, 1.807) is 55.5 Å². The maximum absolute atomic E-state index is 12.9. The second-order valence-electron chi connectivity index (χ2n) is 7.27. The number of benzene rings is 2. The summed E-state index contributed by atoms with van der Waals surface area (Å²) in [5.41, 5.74) is 1.06. The minimum absolute atomic E-state index is 0.134. The Labute approximate surface area is 177 Å². The van der Waals surface area contributed by atoms with Crippen molar-refractivity contribution >= 4 is 15.9 Å². The van der Waals surface area contributed by atoms with Gasteiger partial charge in [-0.1, -0.05) is 32.0 Å². The molecule has 2 rings (SSSR count). The van der Waals surface area contributed by atoms with Crippen LogP contribution in [0.5, 0.6) is 11.5 Å². The van der Waals surface area contributed by atoms with E-state index in [-0.39, 0.29) is 11.7 Å². The maximum atomic E-state index is 12.9. The van der Waals surface area contributed by atoms with E-state index in [9.17, 15) is 13.2 Å². The third kappa shape index (κ3) is 6.22. The molecule has 0 spiro atoms. The van der Waals surface area contributed by atoms with Crippen LogP contribution >= 0.6 is 0 Å². The van der Waals surface area contributed by atoms with Crippen LogP contribution in [0.3, 0.4) is 0 Å². The summed E-state index contributed by atoms with van der Waals surface area (Å²) >= 11 is 0. The molecule has 2 atom stereocenters. The van der Waals surface area contributed by atoms with E-state index in [1.807, 2.05) is 19.9 Å². The molecule has 0 aliphatic heterocycles. The zero-order valence-corrected chi connectivity index (χ0v) is 18.3.